The second-order valence-corrected chi connectivity index (χ2v) is 7.62. The minimum Gasteiger partial charge on any atom is -0.325 e. The summed E-state index contributed by atoms with van der Waals surface area (Å²) in [4.78, 5) is 15.1. The van der Waals surface area contributed by atoms with Crippen LogP contribution >= 0.6 is 0 Å². The van der Waals surface area contributed by atoms with Crippen molar-refractivity contribution in [1.29, 1.82) is 0 Å². The monoisotopic (exact) mass is 317 g/mol. The normalized spacial score (nSPS) is 15.6. The number of hydrogen-bond donors (Lipinski definition) is 1. The maximum absolute atomic E-state index is 12.7. The van der Waals surface area contributed by atoms with Crippen LogP contribution < -0.4 is 5.56 Å². The lowest BCUT2D eigenvalue weighted by molar-refractivity contribution is 0.589. The van der Waals surface area contributed by atoms with E-state index < -0.39 is 15.4 Å². The van der Waals surface area contributed by atoms with Gasteiger partial charge in [0, 0.05) is 5.69 Å². The van der Waals surface area contributed by atoms with Crippen LogP contribution in [0.1, 0.15) is 36.9 Å². The zero-order valence-electron chi connectivity index (χ0n) is 12.3. The SMILES string of the molecule is O=c1[nH]c2c(cc1S(=O)(=O)c1ccccc1)CCCCCC2. The molecule has 0 radical (unpaired) electrons. The molecule has 0 aliphatic heterocycles. The van der Waals surface area contributed by atoms with Gasteiger partial charge < -0.3 is 4.98 Å². The maximum Gasteiger partial charge on any atom is 0.267 e. The number of rotatable bonds is 2. The third kappa shape index (κ3) is 2.86. The first-order chi connectivity index (χ1) is 10.6. The Morgan fingerprint density at radius 1 is 0.909 bits per heavy atom. The average Bonchev–Trinajstić information content (AvgIpc) is 2.49. The molecule has 0 atom stereocenters. The van der Waals surface area contributed by atoms with Crippen molar-refractivity contribution >= 4 is 9.84 Å². The van der Waals surface area contributed by atoms with Gasteiger partial charge in [-0.2, -0.15) is 0 Å². The van der Waals surface area contributed by atoms with Gasteiger partial charge in [-0.1, -0.05) is 31.0 Å². The molecule has 1 N–H and O–H groups in total. The molecule has 1 aliphatic carbocycles. The second kappa shape index (κ2) is 6.08. The molecule has 1 heterocycles. The van der Waals surface area contributed by atoms with Crippen molar-refractivity contribution in [2.45, 2.75) is 48.3 Å². The Labute approximate surface area is 130 Å². The zero-order chi connectivity index (χ0) is 15.6. The van der Waals surface area contributed by atoms with Crippen LogP contribution in [-0.2, 0) is 22.7 Å². The maximum atomic E-state index is 12.7. The first-order valence-electron chi connectivity index (χ1n) is 7.64. The molecule has 0 bridgehead atoms. The summed E-state index contributed by atoms with van der Waals surface area (Å²) < 4.78 is 25.3. The van der Waals surface area contributed by atoms with Crippen LogP contribution in [0.2, 0.25) is 0 Å². The quantitative estimate of drug-likeness (QED) is 0.926. The highest BCUT2D eigenvalue weighted by Crippen LogP contribution is 2.22. The van der Waals surface area contributed by atoms with E-state index in [4.69, 9.17) is 0 Å². The smallest absolute Gasteiger partial charge is 0.267 e. The van der Waals surface area contributed by atoms with Crippen LogP contribution in [0.3, 0.4) is 0 Å². The number of aromatic amines is 1. The Morgan fingerprint density at radius 3 is 2.32 bits per heavy atom. The van der Waals surface area contributed by atoms with E-state index in [0.717, 1.165) is 49.8 Å². The fourth-order valence-electron chi connectivity index (χ4n) is 2.93. The number of benzene rings is 1. The molecular weight excluding hydrogens is 298 g/mol. The van der Waals surface area contributed by atoms with Crippen molar-refractivity contribution in [1.82, 2.24) is 4.98 Å². The van der Waals surface area contributed by atoms with E-state index in [1.54, 1.807) is 24.3 Å². The molecule has 0 unspecified atom stereocenters. The fraction of sp³-hybridized carbons (Fsp3) is 0.353. The van der Waals surface area contributed by atoms with E-state index in [1.807, 2.05) is 0 Å². The summed E-state index contributed by atoms with van der Waals surface area (Å²) in [5.41, 5.74) is 1.36. The molecule has 0 fully saturated rings. The number of fused-ring (bicyclic) bond motifs is 1. The highest BCUT2D eigenvalue weighted by Gasteiger charge is 2.23. The molecule has 0 spiro atoms. The van der Waals surface area contributed by atoms with Crippen LogP contribution in [-0.4, -0.2) is 13.4 Å². The number of pyridine rings is 1. The average molecular weight is 317 g/mol. The summed E-state index contributed by atoms with van der Waals surface area (Å²) in [5, 5.41) is 0. The van der Waals surface area contributed by atoms with Crippen LogP contribution in [0.5, 0.6) is 0 Å². The number of sulfone groups is 1. The number of hydrogen-bond acceptors (Lipinski definition) is 3. The van der Waals surface area contributed by atoms with E-state index in [2.05, 4.69) is 4.98 Å². The van der Waals surface area contributed by atoms with E-state index in [9.17, 15) is 13.2 Å². The van der Waals surface area contributed by atoms with Gasteiger partial charge in [0.05, 0.1) is 4.90 Å². The predicted octanol–water partition coefficient (Wildman–Crippen LogP) is 2.87. The summed E-state index contributed by atoms with van der Waals surface area (Å²) in [6.07, 6.45) is 6.02. The molecule has 0 saturated heterocycles. The van der Waals surface area contributed by atoms with Gasteiger partial charge in [-0.15, -0.1) is 0 Å². The van der Waals surface area contributed by atoms with Crippen molar-refractivity contribution < 1.29 is 8.42 Å². The third-order valence-corrected chi connectivity index (χ3v) is 5.92. The third-order valence-electron chi connectivity index (χ3n) is 4.15. The van der Waals surface area contributed by atoms with Gasteiger partial charge in [-0.3, -0.25) is 4.79 Å². The van der Waals surface area contributed by atoms with Crippen molar-refractivity contribution in [2.24, 2.45) is 0 Å². The molecule has 0 saturated carbocycles. The van der Waals surface area contributed by atoms with Crippen LogP contribution in [0.25, 0.3) is 0 Å². The van der Waals surface area contributed by atoms with E-state index in [1.165, 1.54) is 12.1 Å². The van der Waals surface area contributed by atoms with Gasteiger partial charge in [0.1, 0.15) is 4.90 Å². The van der Waals surface area contributed by atoms with Gasteiger partial charge in [0.2, 0.25) is 9.84 Å². The Morgan fingerprint density at radius 2 is 1.59 bits per heavy atom. The van der Waals surface area contributed by atoms with Gasteiger partial charge in [0.15, 0.2) is 0 Å². The van der Waals surface area contributed by atoms with Crippen molar-refractivity contribution in [3.8, 4) is 0 Å². The summed E-state index contributed by atoms with van der Waals surface area (Å²) in [6.45, 7) is 0. The van der Waals surface area contributed by atoms with Gasteiger partial charge >= 0.3 is 0 Å². The Kier molecular flexibility index (Phi) is 4.16. The molecular formula is C17H19NO3S. The highest BCUT2D eigenvalue weighted by molar-refractivity contribution is 7.91. The highest BCUT2D eigenvalue weighted by atomic mass is 32.2. The van der Waals surface area contributed by atoms with Crippen LogP contribution in [0.4, 0.5) is 0 Å². The van der Waals surface area contributed by atoms with E-state index >= 15 is 0 Å². The molecule has 0 amide bonds. The van der Waals surface area contributed by atoms with Crippen LogP contribution in [0, 0.1) is 0 Å². The molecule has 22 heavy (non-hydrogen) atoms. The number of H-pyrrole nitrogens is 1. The summed E-state index contributed by atoms with van der Waals surface area (Å²) in [7, 11) is -3.77. The number of nitrogens with one attached hydrogen (secondary N) is 1. The molecule has 2 aromatic rings. The Hall–Kier alpha value is -1.88. The van der Waals surface area contributed by atoms with Crippen molar-refractivity contribution in [2.75, 3.05) is 0 Å². The predicted molar refractivity (Wildman–Crippen MR) is 84.8 cm³/mol. The minimum atomic E-state index is -3.77. The van der Waals surface area contributed by atoms with Crippen molar-refractivity contribution in [3.63, 3.8) is 0 Å². The largest absolute Gasteiger partial charge is 0.325 e. The summed E-state index contributed by atoms with van der Waals surface area (Å²) in [5.74, 6) is 0. The second-order valence-electron chi connectivity index (χ2n) is 5.70. The van der Waals surface area contributed by atoms with Gasteiger partial charge in [-0.05, 0) is 49.4 Å². The minimum absolute atomic E-state index is 0.141. The van der Waals surface area contributed by atoms with Gasteiger partial charge in [0.25, 0.3) is 5.56 Å². The Bertz CT molecular complexity index is 823. The molecule has 116 valence electrons. The van der Waals surface area contributed by atoms with Crippen LogP contribution in [0.15, 0.2) is 51.0 Å². The molecule has 5 heteroatoms. The van der Waals surface area contributed by atoms with E-state index in [-0.39, 0.29) is 9.79 Å². The first kappa shape index (κ1) is 15.0. The lowest BCUT2D eigenvalue weighted by atomic mass is 9.97. The van der Waals surface area contributed by atoms with Crippen molar-refractivity contribution in [3.05, 3.63) is 58.0 Å². The number of aryl methyl sites for hydroxylation is 2. The lowest BCUT2D eigenvalue weighted by Gasteiger charge is -2.14. The lowest BCUT2D eigenvalue weighted by Crippen LogP contribution is -2.21. The Balaban J connectivity index is 2.12. The molecule has 4 nitrogen and oxygen atoms in total. The number of aromatic nitrogens is 1. The molecule has 1 aromatic carbocycles. The zero-order valence-corrected chi connectivity index (χ0v) is 13.2. The summed E-state index contributed by atoms with van der Waals surface area (Å²) in [6, 6.07) is 9.70. The summed E-state index contributed by atoms with van der Waals surface area (Å²) >= 11 is 0. The van der Waals surface area contributed by atoms with E-state index in [0.29, 0.717) is 0 Å². The molecule has 1 aromatic heterocycles. The standard InChI is InChI=1S/C17H19NO3S/c19-17-16(22(20,21)14-9-5-3-6-10-14)12-13-8-4-1-2-7-11-15(13)18-17/h3,5-6,9-10,12H,1-2,4,7-8,11H2,(H,18,19). The fourth-order valence-corrected chi connectivity index (χ4v) is 4.29. The first-order valence-corrected chi connectivity index (χ1v) is 9.12. The molecule has 3 rings (SSSR count). The topological polar surface area (TPSA) is 67.0 Å². The van der Waals surface area contributed by atoms with Gasteiger partial charge in [-0.25, -0.2) is 8.42 Å². The molecule has 1 aliphatic rings.